The van der Waals surface area contributed by atoms with Gasteiger partial charge in [-0.1, -0.05) is 56.3 Å². The molecule has 2 nitrogen and oxygen atoms in total. The average Bonchev–Trinajstić information content (AvgIpc) is 2.48. The van der Waals surface area contributed by atoms with Crippen molar-refractivity contribution in [2.45, 2.75) is 20.3 Å². The molecule has 98 valence electrons. The summed E-state index contributed by atoms with van der Waals surface area (Å²) in [4.78, 5) is 11.7. The van der Waals surface area contributed by atoms with Gasteiger partial charge in [0.05, 0.1) is 5.92 Å². The Morgan fingerprint density at radius 1 is 1.00 bits per heavy atom. The smallest absolute Gasteiger partial charge is 0.314 e. The first-order valence-corrected chi connectivity index (χ1v) is 6.58. The minimum atomic E-state index is -0.171. The van der Waals surface area contributed by atoms with Crippen LogP contribution in [0.4, 0.5) is 0 Å². The molecule has 0 aromatic heterocycles. The fraction of sp³-hybridized carbons (Fsp3) is 0.235. The maximum atomic E-state index is 11.7. The molecule has 2 heteroatoms. The Morgan fingerprint density at radius 2 is 1.58 bits per heavy atom. The molecule has 0 amide bonds. The summed E-state index contributed by atoms with van der Waals surface area (Å²) in [5.41, 5.74) is 2.27. The van der Waals surface area contributed by atoms with Gasteiger partial charge in [-0.25, -0.2) is 0 Å². The van der Waals surface area contributed by atoms with Crippen molar-refractivity contribution in [3.63, 3.8) is 0 Å². The number of ether oxygens (including phenoxy) is 1. The van der Waals surface area contributed by atoms with Crippen molar-refractivity contribution in [3.05, 3.63) is 54.6 Å². The number of benzene rings is 2. The zero-order chi connectivity index (χ0) is 13.7. The van der Waals surface area contributed by atoms with Crippen molar-refractivity contribution < 1.29 is 9.53 Å². The molecule has 0 heterocycles. The van der Waals surface area contributed by atoms with Gasteiger partial charge in [0, 0.05) is 0 Å². The number of rotatable bonds is 4. The lowest BCUT2D eigenvalue weighted by molar-refractivity contribution is -0.138. The summed E-state index contributed by atoms with van der Waals surface area (Å²) >= 11 is 0. The third kappa shape index (κ3) is 3.44. The molecule has 0 aliphatic carbocycles. The van der Waals surface area contributed by atoms with Gasteiger partial charge in [-0.3, -0.25) is 4.79 Å². The van der Waals surface area contributed by atoms with Crippen molar-refractivity contribution in [2.24, 2.45) is 5.92 Å². The standard InChI is InChI=1S/C17H18O2/c1-3-13(2)17(18)19-16-11-9-15(10-12-16)14-7-5-4-6-8-14/h4-13H,3H2,1-2H3/t13-/m0/s1. The number of carbonyl (C=O) groups is 1. The summed E-state index contributed by atoms with van der Waals surface area (Å²) in [5.74, 6) is 0.369. The first-order valence-electron chi connectivity index (χ1n) is 6.58. The van der Waals surface area contributed by atoms with Crippen molar-refractivity contribution in [2.75, 3.05) is 0 Å². The van der Waals surface area contributed by atoms with Crippen LogP contribution in [0.3, 0.4) is 0 Å². The third-order valence-corrected chi connectivity index (χ3v) is 3.19. The summed E-state index contributed by atoms with van der Waals surface area (Å²) in [5, 5.41) is 0. The minimum Gasteiger partial charge on any atom is -0.426 e. The van der Waals surface area contributed by atoms with Crippen LogP contribution in [0.5, 0.6) is 5.75 Å². The quantitative estimate of drug-likeness (QED) is 0.600. The predicted molar refractivity (Wildman–Crippen MR) is 77.0 cm³/mol. The summed E-state index contributed by atoms with van der Waals surface area (Å²) in [6, 6.07) is 17.7. The van der Waals surface area contributed by atoms with E-state index in [4.69, 9.17) is 4.74 Å². The van der Waals surface area contributed by atoms with Crippen LogP contribution < -0.4 is 4.74 Å². The molecule has 0 aliphatic heterocycles. The Kier molecular flexibility index (Phi) is 4.35. The van der Waals surface area contributed by atoms with Crippen molar-refractivity contribution in [1.82, 2.24) is 0 Å². The third-order valence-electron chi connectivity index (χ3n) is 3.19. The number of hydrogen-bond acceptors (Lipinski definition) is 2. The first-order chi connectivity index (χ1) is 9.20. The molecular formula is C17H18O2. The van der Waals surface area contributed by atoms with Crippen LogP contribution >= 0.6 is 0 Å². The lowest BCUT2D eigenvalue weighted by atomic mass is 10.1. The summed E-state index contributed by atoms with van der Waals surface area (Å²) < 4.78 is 5.32. The Morgan fingerprint density at radius 3 is 2.16 bits per heavy atom. The molecule has 2 aromatic rings. The monoisotopic (exact) mass is 254 g/mol. The lowest BCUT2D eigenvalue weighted by Crippen LogP contribution is -2.16. The van der Waals surface area contributed by atoms with Crippen LogP contribution in [0, 0.1) is 5.92 Å². The van der Waals surface area contributed by atoms with Crippen LogP contribution in [0.15, 0.2) is 54.6 Å². The molecule has 0 N–H and O–H groups in total. The highest BCUT2D eigenvalue weighted by Gasteiger charge is 2.12. The lowest BCUT2D eigenvalue weighted by Gasteiger charge is -2.09. The highest BCUT2D eigenvalue weighted by atomic mass is 16.5. The largest absolute Gasteiger partial charge is 0.426 e. The molecule has 0 fully saturated rings. The molecule has 19 heavy (non-hydrogen) atoms. The van der Waals surface area contributed by atoms with Gasteiger partial charge >= 0.3 is 5.97 Å². The van der Waals surface area contributed by atoms with Gasteiger partial charge in [0.1, 0.15) is 5.75 Å². The van der Waals surface area contributed by atoms with E-state index in [2.05, 4.69) is 12.1 Å². The van der Waals surface area contributed by atoms with Crippen LogP contribution in [0.25, 0.3) is 11.1 Å². The molecule has 0 bridgehead atoms. The Bertz CT molecular complexity index is 529. The number of esters is 1. The van der Waals surface area contributed by atoms with Gasteiger partial charge in [-0.2, -0.15) is 0 Å². The maximum Gasteiger partial charge on any atom is 0.314 e. The van der Waals surface area contributed by atoms with Crippen molar-refractivity contribution in [3.8, 4) is 16.9 Å². The minimum absolute atomic E-state index is 0.0613. The van der Waals surface area contributed by atoms with Gasteiger partial charge in [-0.05, 0) is 29.7 Å². The second-order valence-electron chi connectivity index (χ2n) is 4.62. The zero-order valence-corrected chi connectivity index (χ0v) is 11.3. The van der Waals surface area contributed by atoms with E-state index in [0.717, 1.165) is 17.5 Å². The van der Waals surface area contributed by atoms with Crippen molar-refractivity contribution in [1.29, 1.82) is 0 Å². The summed E-state index contributed by atoms with van der Waals surface area (Å²) in [7, 11) is 0. The molecule has 2 rings (SSSR count). The van der Waals surface area contributed by atoms with Crippen LogP contribution in [0.1, 0.15) is 20.3 Å². The zero-order valence-electron chi connectivity index (χ0n) is 11.3. The molecule has 0 saturated heterocycles. The second-order valence-corrected chi connectivity index (χ2v) is 4.62. The van der Waals surface area contributed by atoms with E-state index in [1.807, 2.05) is 56.3 Å². The number of hydrogen-bond donors (Lipinski definition) is 0. The summed E-state index contributed by atoms with van der Waals surface area (Å²) in [6.45, 7) is 3.85. The highest BCUT2D eigenvalue weighted by Crippen LogP contribution is 2.22. The SMILES string of the molecule is CC[C@H](C)C(=O)Oc1ccc(-c2ccccc2)cc1. The predicted octanol–water partition coefficient (Wildman–Crippen LogP) is 4.31. The van der Waals surface area contributed by atoms with Crippen molar-refractivity contribution >= 4 is 5.97 Å². The Hall–Kier alpha value is -2.09. The van der Waals surface area contributed by atoms with E-state index in [9.17, 15) is 4.79 Å². The highest BCUT2D eigenvalue weighted by molar-refractivity contribution is 5.75. The molecule has 0 aliphatic rings. The van der Waals surface area contributed by atoms with Gasteiger partial charge in [0.15, 0.2) is 0 Å². The fourth-order valence-electron chi connectivity index (χ4n) is 1.73. The topological polar surface area (TPSA) is 26.3 Å². The molecule has 2 aromatic carbocycles. The average molecular weight is 254 g/mol. The maximum absolute atomic E-state index is 11.7. The van der Waals surface area contributed by atoms with Crippen LogP contribution in [-0.2, 0) is 4.79 Å². The summed E-state index contributed by atoms with van der Waals surface area (Å²) in [6.07, 6.45) is 0.793. The normalized spacial score (nSPS) is 11.9. The first kappa shape index (κ1) is 13.3. The van der Waals surface area contributed by atoms with Crippen LogP contribution in [0.2, 0.25) is 0 Å². The van der Waals surface area contributed by atoms with Crippen LogP contribution in [-0.4, -0.2) is 5.97 Å². The van der Waals surface area contributed by atoms with E-state index in [0.29, 0.717) is 5.75 Å². The van der Waals surface area contributed by atoms with E-state index in [1.54, 1.807) is 0 Å². The Labute approximate surface area is 114 Å². The molecular weight excluding hydrogens is 236 g/mol. The molecule has 0 unspecified atom stereocenters. The van der Waals surface area contributed by atoms with E-state index in [1.165, 1.54) is 0 Å². The number of carbonyl (C=O) groups excluding carboxylic acids is 1. The van der Waals surface area contributed by atoms with E-state index < -0.39 is 0 Å². The van der Waals surface area contributed by atoms with Gasteiger partial charge in [-0.15, -0.1) is 0 Å². The molecule has 0 spiro atoms. The molecule has 1 atom stereocenters. The van der Waals surface area contributed by atoms with E-state index >= 15 is 0 Å². The van der Waals surface area contributed by atoms with Gasteiger partial charge < -0.3 is 4.74 Å². The second kappa shape index (κ2) is 6.19. The molecule has 0 radical (unpaired) electrons. The molecule has 0 saturated carbocycles. The van der Waals surface area contributed by atoms with Gasteiger partial charge in [0.25, 0.3) is 0 Å². The fourth-order valence-corrected chi connectivity index (χ4v) is 1.73. The van der Waals surface area contributed by atoms with Gasteiger partial charge in [0.2, 0.25) is 0 Å². The van der Waals surface area contributed by atoms with E-state index in [-0.39, 0.29) is 11.9 Å². The Balaban J connectivity index is 2.09.